The zero-order chi connectivity index (χ0) is 36.0. The predicted octanol–water partition coefficient (Wildman–Crippen LogP) is 7.12. The lowest BCUT2D eigenvalue weighted by atomic mass is 9.98. The first-order chi connectivity index (χ1) is 23.2. The van der Waals surface area contributed by atoms with E-state index in [4.69, 9.17) is 15.2 Å². The lowest BCUT2D eigenvalue weighted by Crippen LogP contribution is -2.23. The number of aliphatic imine (C=N–C) groups is 1. The van der Waals surface area contributed by atoms with Gasteiger partial charge in [0.15, 0.2) is 0 Å². The molecule has 0 aliphatic heterocycles. The molecule has 49 heavy (non-hydrogen) atoms. The highest BCUT2D eigenvalue weighted by Gasteiger charge is 2.20. The van der Waals surface area contributed by atoms with Crippen molar-refractivity contribution in [2.45, 2.75) is 111 Å². The molecule has 0 fully saturated rings. The molecule has 2 heterocycles. The Bertz CT molecular complexity index is 1590. The number of rotatable bonds is 17. The van der Waals surface area contributed by atoms with Crippen LogP contribution in [0.15, 0.2) is 53.5 Å². The normalized spacial score (nSPS) is 13.0. The maximum absolute atomic E-state index is 12.8. The standard InChI is InChI=1S/C37H53N7O4S/c1-9-18-47-29(12-10-11-13-32(45)48-37(6,7)8)23-39-22-28(20-38)43-35-40-17-16-30(44-35)26-14-15-27(25(2)19-26)21-41-33(46)31-24-42-34(49-31)36(3,4)5/h14-17,19-20,22,24,29H,9-13,18,21,23,38H2,1-8H3,(H,41,46)(H,40,43,44)/t29-/m0/s1. The van der Waals surface area contributed by atoms with Gasteiger partial charge in [0.2, 0.25) is 5.95 Å². The van der Waals surface area contributed by atoms with E-state index in [1.165, 1.54) is 17.5 Å². The number of carbonyl (C=O) groups is 2. The number of esters is 1. The molecule has 1 atom stereocenters. The van der Waals surface area contributed by atoms with Crippen molar-refractivity contribution in [3.8, 4) is 11.3 Å². The number of amides is 1. The van der Waals surface area contributed by atoms with Crippen LogP contribution in [0.1, 0.15) is 106 Å². The summed E-state index contributed by atoms with van der Waals surface area (Å²) < 4.78 is 11.4. The van der Waals surface area contributed by atoms with Gasteiger partial charge in [-0.2, -0.15) is 0 Å². The van der Waals surface area contributed by atoms with E-state index in [-0.39, 0.29) is 23.4 Å². The average Bonchev–Trinajstić information content (AvgIpc) is 3.55. The number of nitrogens with two attached hydrogens (primary N) is 1. The van der Waals surface area contributed by atoms with Crippen molar-refractivity contribution < 1.29 is 19.1 Å². The molecule has 3 aromatic rings. The van der Waals surface area contributed by atoms with Crippen molar-refractivity contribution in [1.29, 1.82) is 0 Å². The number of anilines is 1. The second-order valence-electron chi connectivity index (χ2n) is 13.9. The number of thiazole rings is 1. The number of aryl methyl sites for hydroxylation is 1. The summed E-state index contributed by atoms with van der Waals surface area (Å²) in [6, 6.07) is 7.87. The van der Waals surface area contributed by atoms with Crippen molar-refractivity contribution in [2.75, 3.05) is 18.5 Å². The number of ether oxygens (including phenoxy) is 2. The third kappa shape index (κ3) is 13.7. The number of unbranched alkanes of at least 4 members (excludes halogenated alkanes) is 1. The Morgan fingerprint density at radius 1 is 1.10 bits per heavy atom. The first-order valence-electron chi connectivity index (χ1n) is 16.9. The molecule has 0 unspecified atom stereocenters. The van der Waals surface area contributed by atoms with E-state index in [0.29, 0.717) is 42.6 Å². The van der Waals surface area contributed by atoms with E-state index in [2.05, 4.69) is 58.3 Å². The summed E-state index contributed by atoms with van der Waals surface area (Å²) >= 11 is 1.43. The molecule has 0 radical (unpaired) electrons. The Balaban J connectivity index is 1.55. The molecule has 0 aliphatic carbocycles. The van der Waals surface area contributed by atoms with Crippen LogP contribution in [0.3, 0.4) is 0 Å². The van der Waals surface area contributed by atoms with Gasteiger partial charge in [-0.3, -0.25) is 14.6 Å². The van der Waals surface area contributed by atoms with Gasteiger partial charge in [-0.1, -0.05) is 46.2 Å². The van der Waals surface area contributed by atoms with Crippen LogP contribution in [0.4, 0.5) is 5.95 Å². The van der Waals surface area contributed by atoms with Crippen LogP contribution >= 0.6 is 11.3 Å². The topological polar surface area (TPSA) is 154 Å². The summed E-state index contributed by atoms with van der Waals surface area (Å²) in [4.78, 5) is 43.4. The van der Waals surface area contributed by atoms with Crippen LogP contribution in [0.2, 0.25) is 0 Å². The number of allylic oxidation sites excluding steroid dienone is 1. The lowest BCUT2D eigenvalue weighted by Gasteiger charge is -2.19. The summed E-state index contributed by atoms with van der Waals surface area (Å²) in [5.41, 5.74) is 9.59. The van der Waals surface area contributed by atoms with E-state index in [1.807, 2.05) is 52.0 Å². The lowest BCUT2D eigenvalue weighted by molar-refractivity contribution is -0.154. The molecule has 3 rings (SSSR count). The number of nitrogens with one attached hydrogen (secondary N) is 2. The highest BCUT2D eigenvalue weighted by molar-refractivity contribution is 7.13. The van der Waals surface area contributed by atoms with Gasteiger partial charge in [0, 0.05) is 49.2 Å². The van der Waals surface area contributed by atoms with Crippen LogP contribution in [-0.2, 0) is 26.2 Å². The highest BCUT2D eigenvalue weighted by atomic mass is 32.1. The Kier molecular flexibility index (Phi) is 14.9. The smallest absolute Gasteiger partial charge is 0.306 e. The Morgan fingerprint density at radius 2 is 1.88 bits per heavy atom. The largest absolute Gasteiger partial charge is 0.460 e. The molecule has 0 saturated heterocycles. The van der Waals surface area contributed by atoms with Crippen LogP contribution in [0.5, 0.6) is 0 Å². The molecule has 11 nitrogen and oxygen atoms in total. The van der Waals surface area contributed by atoms with E-state index in [0.717, 1.165) is 53.1 Å². The van der Waals surface area contributed by atoms with Gasteiger partial charge < -0.3 is 25.8 Å². The van der Waals surface area contributed by atoms with Crippen molar-refractivity contribution in [3.63, 3.8) is 0 Å². The van der Waals surface area contributed by atoms with Crippen molar-refractivity contribution in [2.24, 2.45) is 10.7 Å². The summed E-state index contributed by atoms with van der Waals surface area (Å²) in [5.74, 6) is 0.0754. The molecule has 0 spiro atoms. The minimum atomic E-state index is -0.473. The molecular formula is C37H53N7O4S. The van der Waals surface area contributed by atoms with Gasteiger partial charge in [0.25, 0.3) is 5.91 Å². The van der Waals surface area contributed by atoms with Crippen LogP contribution in [0, 0.1) is 6.92 Å². The first kappa shape index (κ1) is 39.3. The fourth-order valence-electron chi connectivity index (χ4n) is 4.68. The van der Waals surface area contributed by atoms with Crippen molar-refractivity contribution >= 4 is 35.4 Å². The summed E-state index contributed by atoms with van der Waals surface area (Å²) in [7, 11) is 0. The maximum Gasteiger partial charge on any atom is 0.306 e. The van der Waals surface area contributed by atoms with E-state index in [1.54, 1.807) is 18.6 Å². The predicted molar refractivity (Wildman–Crippen MR) is 198 cm³/mol. The SMILES string of the molecule is CCCO[C@@H](CCCCC(=O)OC(C)(C)C)CN=CC(=CN)Nc1nccc(-c2ccc(CNC(=O)c3cnc(C(C)(C)C)s3)c(C)c2)n1. The summed E-state index contributed by atoms with van der Waals surface area (Å²) in [6.45, 7) is 17.5. The summed E-state index contributed by atoms with van der Waals surface area (Å²) in [5, 5.41) is 7.09. The second kappa shape index (κ2) is 18.6. The fraction of sp³-hybridized carbons (Fsp3) is 0.514. The number of carbonyl (C=O) groups excluding carboxylic acids is 2. The molecule has 1 amide bonds. The van der Waals surface area contributed by atoms with E-state index >= 15 is 0 Å². The minimum absolute atomic E-state index is 0.0676. The van der Waals surface area contributed by atoms with Gasteiger partial charge >= 0.3 is 5.97 Å². The molecule has 0 aliphatic rings. The van der Waals surface area contributed by atoms with Crippen LogP contribution < -0.4 is 16.4 Å². The Hall–Kier alpha value is -4.16. The molecule has 2 aromatic heterocycles. The minimum Gasteiger partial charge on any atom is -0.460 e. The van der Waals surface area contributed by atoms with Gasteiger partial charge in [-0.25, -0.2) is 15.0 Å². The summed E-state index contributed by atoms with van der Waals surface area (Å²) in [6.07, 6.45) is 10.00. The number of hydrogen-bond acceptors (Lipinski definition) is 11. The van der Waals surface area contributed by atoms with E-state index in [9.17, 15) is 9.59 Å². The maximum atomic E-state index is 12.8. The first-order valence-corrected chi connectivity index (χ1v) is 17.7. The van der Waals surface area contributed by atoms with Gasteiger partial charge in [-0.15, -0.1) is 11.3 Å². The molecule has 0 saturated carbocycles. The van der Waals surface area contributed by atoms with Gasteiger partial charge in [-0.05, 0) is 70.2 Å². The zero-order valence-corrected chi connectivity index (χ0v) is 31.1. The molecule has 4 N–H and O–H groups in total. The van der Waals surface area contributed by atoms with Crippen molar-refractivity contribution in [3.05, 3.63) is 69.6 Å². The van der Waals surface area contributed by atoms with Crippen LogP contribution in [0.25, 0.3) is 11.3 Å². The highest BCUT2D eigenvalue weighted by Crippen LogP contribution is 2.27. The number of aromatic nitrogens is 3. The Labute approximate surface area is 295 Å². The van der Waals surface area contributed by atoms with Crippen LogP contribution in [-0.4, -0.2) is 57.9 Å². The van der Waals surface area contributed by atoms with Gasteiger partial charge in [0.05, 0.1) is 35.2 Å². The number of nitrogens with zero attached hydrogens (tertiary/aromatic N) is 4. The molecule has 0 bridgehead atoms. The number of benzene rings is 1. The average molecular weight is 692 g/mol. The fourth-order valence-corrected chi connectivity index (χ4v) is 5.57. The Morgan fingerprint density at radius 3 is 2.53 bits per heavy atom. The van der Waals surface area contributed by atoms with E-state index < -0.39 is 5.60 Å². The third-order valence-corrected chi connectivity index (χ3v) is 8.64. The monoisotopic (exact) mass is 691 g/mol. The quantitative estimate of drug-likeness (QED) is 0.0763. The zero-order valence-electron chi connectivity index (χ0n) is 30.3. The second-order valence-corrected chi connectivity index (χ2v) is 15.0. The number of hydrogen-bond donors (Lipinski definition) is 3. The molecular weight excluding hydrogens is 639 g/mol. The van der Waals surface area contributed by atoms with Crippen molar-refractivity contribution in [1.82, 2.24) is 20.3 Å². The molecule has 12 heteroatoms. The third-order valence-electron chi connectivity index (χ3n) is 7.21. The molecule has 266 valence electrons. The molecule has 1 aromatic carbocycles. The van der Waals surface area contributed by atoms with Gasteiger partial charge in [0.1, 0.15) is 10.5 Å².